The Hall–Kier alpha value is -2.21. The second-order valence-electron chi connectivity index (χ2n) is 4.19. The first-order valence-electron chi connectivity index (χ1n) is 5.99. The Morgan fingerprint density at radius 2 is 1.71 bits per heavy atom. The van der Waals surface area contributed by atoms with E-state index in [9.17, 15) is 14.0 Å². The van der Waals surface area contributed by atoms with E-state index in [2.05, 4.69) is 15.9 Å². The number of para-hydroxylation sites is 1. The standard InChI is InChI=1S/C15H11BrFNO3/c16-13(15(18)20)14(19)9-5-7-10(8-6-9)21-12-4-2-1-3-11(12)17/h1-8,13H,(H2,18,20). The van der Waals surface area contributed by atoms with Crippen LogP contribution in [0, 0.1) is 5.82 Å². The molecule has 2 aromatic rings. The molecular formula is C15H11BrFNO3. The number of hydrogen-bond acceptors (Lipinski definition) is 3. The zero-order chi connectivity index (χ0) is 15.4. The van der Waals surface area contributed by atoms with E-state index < -0.39 is 22.3 Å². The predicted octanol–water partition coefficient (Wildman–Crippen LogP) is 3.05. The van der Waals surface area contributed by atoms with Gasteiger partial charge in [0.05, 0.1) is 0 Å². The lowest BCUT2D eigenvalue weighted by Crippen LogP contribution is -2.30. The van der Waals surface area contributed by atoms with Gasteiger partial charge in [0.1, 0.15) is 5.75 Å². The largest absolute Gasteiger partial charge is 0.454 e. The van der Waals surface area contributed by atoms with E-state index in [4.69, 9.17) is 10.5 Å². The highest BCUT2D eigenvalue weighted by Gasteiger charge is 2.22. The maximum atomic E-state index is 13.4. The third kappa shape index (κ3) is 3.66. The number of ether oxygens (including phenoxy) is 1. The van der Waals surface area contributed by atoms with E-state index in [-0.39, 0.29) is 5.75 Å². The second-order valence-corrected chi connectivity index (χ2v) is 5.10. The average molecular weight is 352 g/mol. The van der Waals surface area contributed by atoms with Gasteiger partial charge in [0.15, 0.2) is 22.2 Å². The first-order chi connectivity index (χ1) is 9.99. The number of carbonyl (C=O) groups is 2. The van der Waals surface area contributed by atoms with Crippen molar-refractivity contribution in [2.24, 2.45) is 5.73 Å². The van der Waals surface area contributed by atoms with E-state index in [0.717, 1.165) is 0 Å². The van der Waals surface area contributed by atoms with Crippen LogP contribution in [0.4, 0.5) is 4.39 Å². The van der Waals surface area contributed by atoms with E-state index in [1.54, 1.807) is 12.1 Å². The Bertz CT molecular complexity index is 673. The molecule has 2 aromatic carbocycles. The summed E-state index contributed by atoms with van der Waals surface area (Å²) in [5, 5.41) is 0. The van der Waals surface area contributed by atoms with Crippen LogP contribution in [0.25, 0.3) is 0 Å². The van der Waals surface area contributed by atoms with Gasteiger partial charge >= 0.3 is 0 Å². The van der Waals surface area contributed by atoms with Crippen molar-refractivity contribution in [2.45, 2.75) is 4.83 Å². The zero-order valence-corrected chi connectivity index (χ0v) is 12.3. The van der Waals surface area contributed by atoms with Gasteiger partial charge in [0, 0.05) is 5.56 Å². The molecule has 0 saturated carbocycles. The average Bonchev–Trinajstić information content (AvgIpc) is 2.49. The molecule has 2 N–H and O–H groups in total. The highest BCUT2D eigenvalue weighted by atomic mass is 79.9. The number of carbonyl (C=O) groups excluding carboxylic acids is 2. The molecule has 108 valence electrons. The van der Waals surface area contributed by atoms with Crippen molar-refractivity contribution in [1.82, 2.24) is 0 Å². The summed E-state index contributed by atoms with van der Waals surface area (Å²) in [6.07, 6.45) is 0. The molecule has 0 aliphatic carbocycles. The molecule has 21 heavy (non-hydrogen) atoms. The number of Topliss-reactive ketones (excluding diaryl/α,β-unsaturated/α-hetero) is 1. The van der Waals surface area contributed by atoms with Gasteiger partial charge in [-0.15, -0.1) is 0 Å². The molecule has 0 bridgehead atoms. The number of rotatable bonds is 5. The molecule has 4 nitrogen and oxygen atoms in total. The molecule has 0 spiro atoms. The molecule has 0 fully saturated rings. The molecule has 1 amide bonds. The first-order valence-corrected chi connectivity index (χ1v) is 6.90. The lowest BCUT2D eigenvalue weighted by atomic mass is 10.1. The van der Waals surface area contributed by atoms with Crippen molar-refractivity contribution in [1.29, 1.82) is 0 Å². The minimum absolute atomic E-state index is 0.0899. The number of hydrogen-bond donors (Lipinski definition) is 1. The van der Waals surface area contributed by atoms with Gasteiger partial charge in [-0.25, -0.2) is 4.39 Å². The number of amides is 1. The lowest BCUT2D eigenvalue weighted by molar-refractivity contribution is -0.116. The van der Waals surface area contributed by atoms with Crippen molar-refractivity contribution >= 4 is 27.6 Å². The normalized spacial score (nSPS) is 11.7. The fourth-order valence-corrected chi connectivity index (χ4v) is 1.88. The fourth-order valence-electron chi connectivity index (χ4n) is 1.62. The van der Waals surface area contributed by atoms with E-state index in [0.29, 0.717) is 11.3 Å². The summed E-state index contributed by atoms with van der Waals surface area (Å²) >= 11 is 2.92. The second kappa shape index (κ2) is 6.49. The topological polar surface area (TPSA) is 69.4 Å². The molecule has 6 heteroatoms. The maximum absolute atomic E-state index is 13.4. The Labute approximate surface area is 128 Å². The molecule has 1 unspecified atom stereocenters. The number of ketones is 1. The minimum Gasteiger partial charge on any atom is -0.454 e. The Balaban J connectivity index is 2.14. The Morgan fingerprint density at radius 3 is 2.29 bits per heavy atom. The monoisotopic (exact) mass is 351 g/mol. The van der Waals surface area contributed by atoms with Gasteiger partial charge in [0.2, 0.25) is 5.91 Å². The SMILES string of the molecule is NC(=O)C(Br)C(=O)c1ccc(Oc2ccccc2F)cc1. The van der Waals surface area contributed by atoms with E-state index in [1.165, 1.54) is 36.4 Å². The van der Waals surface area contributed by atoms with Crippen molar-refractivity contribution in [3.8, 4) is 11.5 Å². The lowest BCUT2D eigenvalue weighted by Gasteiger charge is -2.08. The first kappa shape index (κ1) is 15.2. The van der Waals surface area contributed by atoms with Crippen LogP contribution in [-0.2, 0) is 4.79 Å². The molecule has 0 radical (unpaired) electrons. The summed E-state index contributed by atoms with van der Waals surface area (Å²) in [7, 11) is 0. The van der Waals surface area contributed by atoms with Crippen molar-refractivity contribution in [3.05, 3.63) is 59.9 Å². The van der Waals surface area contributed by atoms with E-state index in [1.807, 2.05) is 0 Å². The summed E-state index contributed by atoms with van der Waals surface area (Å²) in [5.74, 6) is -1.22. The van der Waals surface area contributed by atoms with Crippen LogP contribution >= 0.6 is 15.9 Å². The van der Waals surface area contributed by atoms with Gasteiger partial charge in [-0.05, 0) is 36.4 Å². The van der Waals surface area contributed by atoms with E-state index >= 15 is 0 Å². The maximum Gasteiger partial charge on any atom is 0.239 e. The number of primary amides is 1. The molecule has 0 aliphatic heterocycles. The molecule has 0 saturated heterocycles. The Kier molecular flexibility index (Phi) is 4.70. The van der Waals surface area contributed by atoms with Crippen LogP contribution in [0.2, 0.25) is 0 Å². The molecule has 0 aromatic heterocycles. The highest BCUT2D eigenvalue weighted by Crippen LogP contribution is 2.24. The number of nitrogens with two attached hydrogens (primary N) is 1. The van der Waals surface area contributed by atoms with Gasteiger partial charge in [-0.2, -0.15) is 0 Å². The number of halogens is 2. The summed E-state index contributed by atoms with van der Waals surface area (Å²) in [6, 6.07) is 12.0. The fraction of sp³-hybridized carbons (Fsp3) is 0.0667. The van der Waals surface area contributed by atoms with Crippen molar-refractivity contribution < 1.29 is 18.7 Å². The quantitative estimate of drug-likeness (QED) is 0.511. The molecule has 1 atom stereocenters. The third-order valence-corrected chi connectivity index (χ3v) is 3.55. The molecule has 0 heterocycles. The Morgan fingerprint density at radius 1 is 1.10 bits per heavy atom. The number of benzene rings is 2. The van der Waals surface area contributed by atoms with Crippen LogP contribution in [0.15, 0.2) is 48.5 Å². The zero-order valence-electron chi connectivity index (χ0n) is 10.8. The minimum atomic E-state index is -1.07. The smallest absolute Gasteiger partial charge is 0.239 e. The molecule has 2 rings (SSSR count). The van der Waals surface area contributed by atoms with Crippen molar-refractivity contribution in [2.75, 3.05) is 0 Å². The van der Waals surface area contributed by atoms with Crippen molar-refractivity contribution in [3.63, 3.8) is 0 Å². The summed E-state index contributed by atoms with van der Waals surface area (Å²) < 4.78 is 18.8. The van der Waals surface area contributed by atoms with Crippen LogP contribution in [-0.4, -0.2) is 16.5 Å². The summed E-state index contributed by atoms with van der Waals surface area (Å²) in [5.41, 5.74) is 5.35. The molecule has 0 aliphatic rings. The highest BCUT2D eigenvalue weighted by molar-refractivity contribution is 9.10. The van der Waals surface area contributed by atoms with Crippen LogP contribution in [0.5, 0.6) is 11.5 Å². The summed E-state index contributed by atoms with van der Waals surface area (Å²) in [4.78, 5) is 21.7. The van der Waals surface area contributed by atoms with Gasteiger partial charge in [-0.3, -0.25) is 9.59 Å². The van der Waals surface area contributed by atoms with Crippen LogP contribution < -0.4 is 10.5 Å². The van der Waals surface area contributed by atoms with Gasteiger partial charge in [0.25, 0.3) is 0 Å². The van der Waals surface area contributed by atoms with Crippen LogP contribution in [0.1, 0.15) is 10.4 Å². The predicted molar refractivity (Wildman–Crippen MR) is 79.2 cm³/mol. The third-order valence-electron chi connectivity index (χ3n) is 2.68. The molecular weight excluding hydrogens is 341 g/mol. The van der Waals surface area contributed by atoms with Gasteiger partial charge < -0.3 is 10.5 Å². The number of alkyl halides is 1. The van der Waals surface area contributed by atoms with Gasteiger partial charge in [-0.1, -0.05) is 28.1 Å². The van der Waals surface area contributed by atoms with Crippen LogP contribution in [0.3, 0.4) is 0 Å². The summed E-state index contributed by atoms with van der Waals surface area (Å²) in [6.45, 7) is 0.